The second kappa shape index (κ2) is 2.91. The molecule has 0 aromatic carbocycles. The van der Waals surface area contributed by atoms with Gasteiger partial charge in [0, 0.05) is 12.2 Å². The molecular formula is C10H15N3. The van der Waals surface area contributed by atoms with Gasteiger partial charge in [-0.05, 0) is 30.9 Å². The molecule has 1 heterocycles. The molecule has 0 aliphatic heterocycles. The van der Waals surface area contributed by atoms with Gasteiger partial charge in [-0.25, -0.2) is 4.98 Å². The molecule has 0 radical (unpaired) electrons. The van der Waals surface area contributed by atoms with Crippen LogP contribution in [0.4, 0.5) is 11.5 Å². The van der Waals surface area contributed by atoms with Crippen LogP contribution in [-0.2, 0) is 0 Å². The number of nitrogens with two attached hydrogens (primary N) is 1. The van der Waals surface area contributed by atoms with E-state index in [-0.39, 0.29) is 0 Å². The molecule has 0 amide bonds. The number of aryl methyl sites for hydroxylation is 1. The summed E-state index contributed by atoms with van der Waals surface area (Å²) in [4.78, 5) is 4.26. The first-order valence-electron chi connectivity index (χ1n) is 4.65. The Morgan fingerprint density at radius 2 is 2.31 bits per heavy atom. The lowest BCUT2D eigenvalue weighted by atomic mass is 10.3. The quantitative estimate of drug-likeness (QED) is 0.724. The van der Waals surface area contributed by atoms with E-state index in [0.29, 0.717) is 6.04 Å². The van der Waals surface area contributed by atoms with Gasteiger partial charge in [0.15, 0.2) is 0 Å². The third kappa shape index (κ3) is 1.74. The van der Waals surface area contributed by atoms with Crippen molar-refractivity contribution >= 4 is 11.5 Å². The van der Waals surface area contributed by atoms with Crippen LogP contribution in [0.3, 0.4) is 0 Å². The Balaban J connectivity index is 2.11. The van der Waals surface area contributed by atoms with Gasteiger partial charge in [0.05, 0.1) is 5.69 Å². The van der Waals surface area contributed by atoms with E-state index in [2.05, 4.69) is 17.2 Å². The molecule has 0 spiro atoms. The van der Waals surface area contributed by atoms with E-state index in [1.807, 2.05) is 19.2 Å². The predicted octanol–water partition coefficient (Wildman–Crippen LogP) is 1.79. The standard InChI is InChI=1S/C10H15N3/c1-6-3-8(11)10(12-5-6)13-9-4-7(9)2/h3,5,7,9H,4,11H2,1-2H3,(H,12,13). The van der Waals surface area contributed by atoms with Crippen molar-refractivity contribution in [3.8, 4) is 0 Å². The van der Waals surface area contributed by atoms with Gasteiger partial charge in [-0.3, -0.25) is 0 Å². The van der Waals surface area contributed by atoms with Gasteiger partial charge in [0.25, 0.3) is 0 Å². The van der Waals surface area contributed by atoms with Crippen molar-refractivity contribution < 1.29 is 0 Å². The number of nitrogens with zero attached hydrogens (tertiary/aromatic N) is 1. The molecule has 70 valence electrons. The lowest BCUT2D eigenvalue weighted by Crippen LogP contribution is -2.07. The summed E-state index contributed by atoms with van der Waals surface area (Å²) in [7, 11) is 0. The van der Waals surface area contributed by atoms with Gasteiger partial charge in [-0.1, -0.05) is 6.92 Å². The second-order valence-corrected chi connectivity index (χ2v) is 3.91. The zero-order valence-electron chi connectivity index (χ0n) is 8.04. The summed E-state index contributed by atoms with van der Waals surface area (Å²) in [6.45, 7) is 4.22. The molecule has 2 atom stereocenters. The number of nitrogens with one attached hydrogen (secondary N) is 1. The Bertz CT molecular complexity index is 322. The minimum absolute atomic E-state index is 0.581. The Hall–Kier alpha value is -1.25. The molecule has 1 aromatic rings. The molecule has 1 aromatic heterocycles. The SMILES string of the molecule is Cc1cnc(NC2CC2C)c(N)c1. The molecule has 1 aliphatic rings. The monoisotopic (exact) mass is 177 g/mol. The van der Waals surface area contributed by atoms with E-state index in [4.69, 9.17) is 5.73 Å². The normalized spacial score (nSPS) is 25.7. The van der Waals surface area contributed by atoms with E-state index < -0.39 is 0 Å². The average Bonchev–Trinajstić information content (AvgIpc) is 2.73. The molecule has 3 N–H and O–H groups in total. The van der Waals surface area contributed by atoms with Crippen molar-refractivity contribution in [2.45, 2.75) is 26.3 Å². The molecule has 1 aliphatic carbocycles. The van der Waals surface area contributed by atoms with Crippen LogP contribution in [-0.4, -0.2) is 11.0 Å². The summed E-state index contributed by atoms with van der Waals surface area (Å²) in [5.41, 5.74) is 7.67. The first kappa shape index (κ1) is 8.35. The molecule has 2 rings (SSSR count). The van der Waals surface area contributed by atoms with Gasteiger partial charge < -0.3 is 11.1 Å². The van der Waals surface area contributed by atoms with Crippen LogP contribution in [0.15, 0.2) is 12.3 Å². The van der Waals surface area contributed by atoms with E-state index in [0.717, 1.165) is 23.0 Å². The highest BCUT2D eigenvalue weighted by molar-refractivity contribution is 5.62. The molecule has 1 saturated carbocycles. The first-order valence-corrected chi connectivity index (χ1v) is 4.65. The molecule has 3 nitrogen and oxygen atoms in total. The summed E-state index contributed by atoms with van der Waals surface area (Å²) in [5.74, 6) is 1.60. The molecule has 0 bridgehead atoms. The fourth-order valence-electron chi connectivity index (χ4n) is 1.41. The van der Waals surface area contributed by atoms with Gasteiger partial charge in [-0.2, -0.15) is 0 Å². The summed E-state index contributed by atoms with van der Waals surface area (Å²) >= 11 is 0. The lowest BCUT2D eigenvalue weighted by molar-refractivity contribution is 0.924. The van der Waals surface area contributed by atoms with Crippen LogP contribution in [0, 0.1) is 12.8 Å². The molecule has 13 heavy (non-hydrogen) atoms. The van der Waals surface area contributed by atoms with Crippen molar-refractivity contribution in [1.29, 1.82) is 0 Å². The maximum atomic E-state index is 5.82. The molecular weight excluding hydrogens is 162 g/mol. The van der Waals surface area contributed by atoms with Crippen LogP contribution in [0.2, 0.25) is 0 Å². The zero-order valence-corrected chi connectivity index (χ0v) is 8.04. The number of pyridine rings is 1. The Labute approximate surface area is 78.4 Å². The van der Waals surface area contributed by atoms with Gasteiger partial charge in [0.1, 0.15) is 5.82 Å². The van der Waals surface area contributed by atoms with Crippen LogP contribution in [0.25, 0.3) is 0 Å². The molecule has 3 heteroatoms. The maximum Gasteiger partial charge on any atom is 0.149 e. The number of hydrogen-bond acceptors (Lipinski definition) is 3. The smallest absolute Gasteiger partial charge is 0.149 e. The first-order chi connectivity index (χ1) is 6.16. The largest absolute Gasteiger partial charge is 0.396 e. The zero-order chi connectivity index (χ0) is 9.42. The van der Waals surface area contributed by atoms with Crippen molar-refractivity contribution in [2.75, 3.05) is 11.1 Å². The second-order valence-electron chi connectivity index (χ2n) is 3.91. The highest BCUT2D eigenvalue weighted by atomic mass is 15.1. The average molecular weight is 177 g/mol. The predicted molar refractivity (Wildman–Crippen MR) is 54.6 cm³/mol. The van der Waals surface area contributed by atoms with Gasteiger partial charge in [0.2, 0.25) is 0 Å². The van der Waals surface area contributed by atoms with Crippen LogP contribution in [0.1, 0.15) is 18.9 Å². The fraction of sp³-hybridized carbons (Fsp3) is 0.500. The van der Waals surface area contributed by atoms with E-state index in [1.54, 1.807) is 0 Å². The summed E-state index contributed by atoms with van der Waals surface area (Å²) in [5, 5.41) is 3.32. The van der Waals surface area contributed by atoms with E-state index in [9.17, 15) is 0 Å². The fourth-order valence-corrected chi connectivity index (χ4v) is 1.41. The van der Waals surface area contributed by atoms with Gasteiger partial charge >= 0.3 is 0 Å². The highest BCUT2D eigenvalue weighted by Gasteiger charge is 2.32. The van der Waals surface area contributed by atoms with E-state index >= 15 is 0 Å². The summed E-state index contributed by atoms with van der Waals surface area (Å²) in [6.07, 6.45) is 3.07. The van der Waals surface area contributed by atoms with Gasteiger partial charge in [-0.15, -0.1) is 0 Å². The maximum absolute atomic E-state index is 5.82. The number of rotatable bonds is 2. The topological polar surface area (TPSA) is 50.9 Å². The van der Waals surface area contributed by atoms with Crippen molar-refractivity contribution in [2.24, 2.45) is 5.92 Å². The number of anilines is 2. The number of nitrogen functional groups attached to an aromatic ring is 1. The summed E-state index contributed by atoms with van der Waals surface area (Å²) < 4.78 is 0. The van der Waals surface area contributed by atoms with Crippen molar-refractivity contribution in [1.82, 2.24) is 4.98 Å². The molecule has 2 unspecified atom stereocenters. The van der Waals surface area contributed by atoms with Crippen LogP contribution >= 0.6 is 0 Å². The highest BCUT2D eigenvalue weighted by Crippen LogP contribution is 2.33. The van der Waals surface area contributed by atoms with Crippen LogP contribution < -0.4 is 11.1 Å². The minimum atomic E-state index is 0.581. The molecule has 0 saturated heterocycles. The Morgan fingerprint density at radius 3 is 2.85 bits per heavy atom. The minimum Gasteiger partial charge on any atom is -0.396 e. The lowest BCUT2D eigenvalue weighted by Gasteiger charge is -2.07. The van der Waals surface area contributed by atoms with Crippen molar-refractivity contribution in [3.63, 3.8) is 0 Å². The Morgan fingerprint density at radius 1 is 1.62 bits per heavy atom. The number of hydrogen-bond donors (Lipinski definition) is 2. The van der Waals surface area contributed by atoms with E-state index in [1.165, 1.54) is 6.42 Å². The third-order valence-electron chi connectivity index (χ3n) is 2.49. The van der Waals surface area contributed by atoms with Crippen molar-refractivity contribution in [3.05, 3.63) is 17.8 Å². The Kier molecular flexibility index (Phi) is 1.87. The number of aromatic nitrogens is 1. The van der Waals surface area contributed by atoms with Crippen LogP contribution in [0.5, 0.6) is 0 Å². The summed E-state index contributed by atoms with van der Waals surface area (Å²) in [6, 6.07) is 2.53. The molecule has 1 fully saturated rings. The third-order valence-corrected chi connectivity index (χ3v) is 2.49.